The van der Waals surface area contributed by atoms with E-state index >= 15 is 0 Å². The van der Waals surface area contributed by atoms with Gasteiger partial charge in [-0.2, -0.15) is 5.26 Å². The Balaban J connectivity index is 1.64. The highest BCUT2D eigenvalue weighted by Gasteiger charge is 2.50. The third-order valence-corrected chi connectivity index (χ3v) is 5.98. The zero-order valence-electron chi connectivity index (χ0n) is 16.0. The molecule has 1 spiro atoms. The molecule has 0 radical (unpaired) electrons. The second-order valence-corrected chi connectivity index (χ2v) is 7.60. The van der Waals surface area contributed by atoms with Gasteiger partial charge in [0.1, 0.15) is 5.54 Å². The van der Waals surface area contributed by atoms with Crippen LogP contribution in [0.4, 0.5) is 0 Å². The van der Waals surface area contributed by atoms with E-state index in [0.717, 1.165) is 50.3 Å². The quantitative estimate of drug-likeness (QED) is 0.838. The fraction of sp³-hybridized carbons (Fsp3) is 0.476. The van der Waals surface area contributed by atoms with Crippen molar-refractivity contribution >= 4 is 5.91 Å². The van der Waals surface area contributed by atoms with Gasteiger partial charge in [0.05, 0.1) is 23.7 Å². The molecule has 0 N–H and O–H groups in total. The number of rotatable bonds is 3. The minimum absolute atomic E-state index is 0.208. The highest BCUT2D eigenvalue weighted by Crippen LogP contribution is 2.42. The molecule has 27 heavy (non-hydrogen) atoms. The molecule has 1 aromatic carbocycles. The van der Waals surface area contributed by atoms with Crippen LogP contribution in [0.5, 0.6) is 0 Å². The van der Waals surface area contributed by atoms with Crippen LogP contribution in [0.3, 0.4) is 0 Å². The van der Waals surface area contributed by atoms with Gasteiger partial charge in [-0.3, -0.25) is 9.69 Å². The summed E-state index contributed by atoms with van der Waals surface area (Å²) in [5, 5.41) is 9.14. The lowest BCUT2D eigenvalue weighted by Crippen LogP contribution is -2.55. The van der Waals surface area contributed by atoms with Gasteiger partial charge in [0.2, 0.25) is 5.91 Å². The Hall–Kier alpha value is -2.65. The molecule has 1 aromatic heterocycles. The molecule has 1 unspecified atom stereocenters. The number of aromatic nitrogens is 2. The number of aryl methyl sites for hydroxylation is 1. The summed E-state index contributed by atoms with van der Waals surface area (Å²) >= 11 is 0. The van der Waals surface area contributed by atoms with Crippen molar-refractivity contribution in [3.63, 3.8) is 0 Å². The van der Waals surface area contributed by atoms with Crippen LogP contribution >= 0.6 is 0 Å². The summed E-state index contributed by atoms with van der Waals surface area (Å²) in [6.07, 6.45) is 4.17. The Kier molecular flexibility index (Phi) is 4.48. The number of imidazole rings is 1. The number of carbonyl (C=O) groups is 1. The van der Waals surface area contributed by atoms with E-state index in [1.54, 1.807) is 0 Å². The lowest BCUT2D eigenvalue weighted by Gasteiger charge is -2.44. The van der Waals surface area contributed by atoms with Crippen LogP contribution in [0.25, 0.3) is 0 Å². The Bertz CT molecular complexity index is 912. The summed E-state index contributed by atoms with van der Waals surface area (Å²) in [5.41, 5.74) is 3.83. The van der Waals surface area contributed by atoms with E-state index in [-0.39, 0.29) is 11.4 Å². The summed E-state index contributed by atoms with van der Waals surface area (Å²) in [5.74, 6) is 0.208. The molecule has 140 valence electrons. The number of nitriles is 1. The zero-order chi connectivity index (χ0) is 19.0. The van der Waals surface area contributed by atoms with Gasteiger partial charge in [0.25, 0.3) is 0 Å². The average Bonchev–Trinajstić information content (AvgIpc) is 3.27. The first-order valence-electron chi connectivity index (χ1n) is 9.60. The van der Waals surface area contributed by atoms with Crippen molar-refractivity contribution in [3.8, 4) is 6.07 Å². The standard InChI is InChI=1S/C21H25N5O/c1-3-19(27)26-9-7-18-20(23-15-24(18)2)21(26)8-10-25(14-21)13-17-6-4-5-16(11-17)12-22/h4-6,11,15H,3,7-10,13-14H2,1-2H3. The van der Waals surface area contributed by atoms with Crippen LogP contribution in [0.1, 0.15) is 42.3 Å². The fourth-order valence-corrected chi connectivity index (χ4v) is 4.67. The van der Waals surface area contributed by atoms with Crippen molar-refractivity contribution in [1.82, 2.24) is 19.4 Å². The van der Waals surface area contributed by atoms with Crippen molar-refractivity contribution in [2.75, 3.05) is 19.6 Å². The maximum atomic E-state index is 12.7. The molecular formula is C21H25N5O. The molecule has 2 aromatic rings. The molecule has 1 fully saturated rings. The number of hydrogen-bond donors (Lipinski definition) is 0. The van der Waals surface area contributed by atoms with Crippen molar-refractivity contribution in [2.24, 2.45) is 7.05 Å². The van der Waals surface area contributed by atoms with Crippen LogP contribution in [0.15, 0.2) is 30.6 Å². The van der Waals surface area contributed by atoms with Crippen molar-refractivity contribution in [3.05, 3.63) is 53.1 Å². The number of amides is 1. The number of likely N-dealkylation sites (tertiary alicyclic amines) is 1. The molecule has 2 aliphatic rings. The fourth-order valence-electron chi connectivity index (χ4n) is 4.67. The summed E-state index contributed by atoms with van der Waals surface area (Å²) < 4.78 is 2.10. The van der Waals surface area contributed by atoms with E-state index in [2.05, 4.69) is 26.5 Å². The van der Waals surface area contributed by atoms with Crippen LogP contribution in [-0.2, 0) is 30.3 Å². The third-order valence-electron chi connectivity index (χ3n) is 5.98. The molecule has 1 amide bonds. The van der Waals surface area contributed by atoms with E-state index in [9.17, 15) is 4.79 Å². The molecular weight excluding hydrogens is 338 g/mol. The van der Waals surface area contributed by atoms with Crippen molar-refractivity contribution in [1.29, 1.82) is 5.26 Å². The lowest BCUT2D eigenvalue weighted by atomic mass is 9.85. The summed E-state index contributed by atoms with van der Waals surface area (Å²) in [6, 6.07) is 9.99. The van der Waals surface area contributed by atoms with Gasteiger partial charge >= 0.3 is 0 Å². The number of carbonyl (C=O) groups excluding carboxylic acids is 1. The summed E-state index contributed by atoms with van der Waals surface area (Å²) in [7, 11) is 2.04. The molecule has 4 rings (SSSR count). The number of hydrogen-bond acceptors (Lipinski definition) is 4. The normalized spacial score (nSPS) is 22.0. The van der Waals surface area contributed by atoms with Gasteiger partial charge in [-0.25, -0.2) is 4.98 Å². The van der Waals surface area contributed by atoms with Crippen molar-refractivity contribution in [2.45, 2.75) is 38.3 Å². The molecule has 1 atom stereocenters. The maximum absolute atomic E-state index is 12.7. The largest absolute Gasteiger partial charge is 0.337 e. The third kappa shape index (κ3) is 2.92. The Morgan fingerprint density at radius 3 is 3.00 bits per heavy atom. The molecule has 0 bridgehead atoms. The molecule has 6 nitrogen and oxygen atoms in total. The van der Waals surface area contributed by atoms with Crippen LogP contribution in [0, 0.1) is 11.3 Å². The first-order valence-corrected chi connectivity index (χ1v) is 9.60. The van der Waals surface area contributed by atoms with Crippen LogP contribution < -0.4 is 0 Å². The minimum Gasteiger partial charge on any atom is -0.337 e. The number of benzene rings is 1. The lowest BCUT2D eigenvalue weighted by molar-refractivity contribution is -0.138. The van der Waals surface area contributed by atoms with E-state index < -0.39 is 0 Å². The van der Waals surface area contributed by atoms with Gasteiger partial charge in [0.15, 0.2) is 0 Å². The van der Waals surface area contributed by atoms with E-state index in [1.807, 2.05) is 38.5 Å². The molecule has 1 saturated heterocycles. The van der Waals surface area contributed by atoms with Crippen LogP contribution in [0.2, 0.25) is 0 Å². The number of nitrogens with zero attached hydrogens (tertiary/aromatic N) is 5. The molecule has 3 heterocycles. The predicted molar refractivity (Wildman–Crippen MR) is 102 cm³/mol. The highest BCUT2D eigenvalue weighted by molar-refractivity contribution is 5.77. The summed E-state index contributed by atoms with van der Waals surface area (Å²) in [6.45, 7) is 5.19. The van der Waals surface area contributed by atoms with Crippen molar-refractivity contribution < 1.29 is 4.79 Å². The zero-order valence-corrected chi connectivity index (χ0v) is 16.0. The monoisotopic (exact) mass is 363 g/mol. The van der Waals surface area contributed by atoms with Gasteiger partial charge in [-0.1, -0.05) is 19.1 Å². The van der Waals surface area contributed by atoms with E-state index in [0.29, 0.717) is 12.0 Å². The summed E-state index contributed by atoms with van der Waals surface area (Å²) in [4.78, 5) is 21.9. The Morgan fingerprint density at radius 1 is 1.37 bits per heavy atom. The molecule has 2 aliphatic heterocycles. The first kappa shape index (κ1) is 17.7. The molecule has 0 aliphatic carbocycles. The topological polar surface area (TPSA) is 65.2 Å². The Morgan fingerprint density at radius 2 is 2.22 bits per heavy atom. The Labute approximate surface area is 160 Å². The van der Waals surface area contributed by atoms with Crippen LogP contribution in [-0.4, -0.2) is 44.9 Å². The molecule has 6 heteroatoms. The molecule has 0 saturated carbocycles. The smallest absolute Gasteiger partial charge is 0.223 e. The highest BCUT2D eigenvalue weighted by atomic mass is 16.2. The maximum Gasteiger partial charge on any atom is 0.223 e. The van der Waals surface area contributed by atoms with Gasteiger partial charge in [-0.15, -0.1) is 0 Å². The first-order chi connectivity index (χ1) is 13.1. The SMILES string of the molecule is CCC(=O)N1CCc2c(ncn2C)C12CCN(Cc1cccc(C#N)c1)C2. The van der Waals surface area contributed by atoms with Gasteiger partial charge in [-0.05, 0) is 24.1 Å². The van der Waals surface area contributed by atoms with E-state index in [4.69, 9.17) is 10.2 Å². The second-order valence-electron chi connectivity index (χ2n) is 7.60. The number of fused-ring (bicyclic) bond motifs is 2. The second kappa shape index (κ2) is 6.82. The van der Waals surface area contributed by atoms with Gasteiger partial charge < -0.3 is 9.47 Å². The van der Waals surface area contributed by atoms with Gasteiger partial charge in [0, 0.05) is 51.8 Å². The van der Waals surface area contributed by atoms with E-state index in [1.165, 1.54) is 5.69 Å². The minimum atomic E-state index is -0.325. The predicted octanol–water partition coefficient (Wildman–Crippen LogP) is 2.19. The average molecular weight is 363 g/mol.